The van der Waals surface area contributed by atoms with Crippen molar-refractivity contribution in [1.29, 1.82) is 0 Å². The van der Waals surface area contributed by atoms with Crippen LogP contribution >= 0.6 is 0 Å². The molecule has 10 aromatic rings. The van der Waals surface area contributed by atoms with Crippen molar-refractivity contribution in [2.75, 3.05) is 20.8 Å². The van der Waals surface area contributed by atoms with Crippen LogP contribution in [-0.4, -0.2) is 80.3 Å². The molecule has 0 aliphatic carbocycles. The van der Waals surface area contributed by atoms with Gasteiger partial charge in [0.15, 0.2) is 11.3 Å². The molecule has 16 heteroatoms. The molecule has 13 nitrogen and oxygen atoms in total. The molecular formula is C63H65N7O6S2Si. The standard InChI is InChI=1S/C36H28N4O3S.C18H15N3O3S.C9H22Si/c1-43-31-22-33-34(26-39(35(33)37-24-31)44(41,42)32-20-12-5-13-21-32)27-23-38-40(25-27)36(28-14-6-2-7-15-28,29-16-8-3-9-17-29)30-18-10-4-11-19-30;1-24-14-9-16-17(13-7-8-19-10-13)12-21(18(16)20-11-14)25(22,23)15-5-3-2-4-6-15;1-7(2)10(8(3)4)9(5)6/h2-26H,1H3;2-7,9-12H,8H2,1H3;7-10H,1-6H3. The van der Waals surface area contributed by atoms with E-state index in [4.69, 9.17) is 14.6 Å². The van der Waals surface area contributed by atoms with Crippen molar-refractivity contribution in [2.24, 2.45) is 4.99 Å². The molecule has 1 aliphatic rings. The summed E-state index contributed by atoms with van der Waals surface area (Å²) < 4.78 is 69.0. The average molecular weight is 1110 g/mol. The summed E-state index contributed by atoms with van der Waals surface area (Å²) in [5.41, 5.74) is 8.91. The number of aliphatic imine (C=N–C) groups is 1. The molecule has 0 saturated carbocycles. The third-order valence-corrected chi connectivity index (χ3v) is 22.3. The maximum Gasteiger partial charge on any atom is 0.269 e. The molecule has 0 fully saturated rings. The summed E-state index contributed by atoms with van der Waals surface area (Å²) in [6.07, 6.45) is 13.7. The summed E-state index contributed by atoms with van der Waals surface area (Å²) in [6.45, 7) is 14.9. The molecule has 0 bridgehead atoms. The van der Waals surface area contributed by atoms with E-state index in [1.54, 1.807) is 106 Å². The number of rotatable bonds is 15. The maximum absolute atomic E-state index is 13.8. The fourth-order valence-electron chi connectivity index (χ4n) is 11.0. The zero-order valence-corrected chi connectivity index (χ0v) is 48.4. The van der Waals surface area contributed by atoms with Gasteiger partial charge in [-0.05, 0) is 58.7 Å². The van der Waals surface area contributed by atoms with Crippen LogP contribution in [0.5, 0.6) is 11.5 Å². The van der Waals surface area contributed by atoms with E-state index in [-0.39, 0.29) is 9.79 Å². The van der Waals surface area contributed by atoms with Crippen LogP contribution in [0.1, 0.15) is 63.8 Å². The maximum atomic E-state index is 13.8. The molecule has 0 spiro atoms. The molecule has 5 aromatic carbocycles. The van der Waals surface area contributed by atoms with E-state index < -0.39 is 34.4 Å². The number of allylic oxidation sites excluding steroid dienone is 1. The van der Waals surface area contributed by atoms with Gasteiger partial charge in [-0.3, -0.25) is 9.67 Å². The number of hydrogen-bond acceptors (Lipinski definition) is 10. The Morgan fingerprint density at radius 1 is 0.519 bits per heavy atom. The van der Waals surface area contributed by atoms with Crippen molar-refractivity contribution in [3.63, 3.8) is 0 Å². The Bertz CT molecular complexity index is 3860. The second-order valence-corrected chi connectivity index (χ2v) is 29.0. The van der Waals surface area contributed by atoms with Crippen LogP contribution in [0.3, 0.4) is 0 Å². The Hall–Kier alpha value is -8.18. The third-order valence-electron chi connectivity index (χ3n) is 14.3. The van der Waals surface area contributed by atoms with Crippen molar-refractivity contribution >= 4 is 62.7 Å². The second kappa shape index (κ2) is 23.8. The number of fused-ring (bicyclic) bond motifs is 2. The minimum atomic E-state index is -3.94. The molecule has 0 radical (unpaired) electrons. The van der Waals surface area contributed by atoms with Gasteiger partial charge >= 0.3 is 0 Å². The first-order chi connectivity index (χ1) is 38.1. The van der Waals surface area contributed by atoms with E-state index in [2.05, 4.69) is 92.9 Å². The van der Waals surface area contributed by atoms with Crippen molar-refractivity contribution in [2.45, 2.75) is 73.5 Å². The Labute approximate surface area is 465 Å². The first-order valence-electron chi connectivity index (χ1n) is 26.2. The van der Waals surface area contributed by atoms with E-state index in [1.165, 1.54) is 20.3 Å². The van der Waals surface area contributed by atoms with Crippen LogP contribution in [-0.2, 0) is 25.6 Å². The fourth-order valence-corrected chi connectivity index (χ4v) is 18.3. The lowest BCUT2D eigenvalue weighted by atomic mass is 9.77. The van der Waals surface area contributed by atoms with Crippen LogP contribution in [0, 0.1) is 0 Å². The quantitative estimate of drug-likeness (QED) is 0.0721. The average Bonchev–Trinajstić information content (AvgIpc) is 4.48. The molecule has 11 rings (SSSR count). The van der Waals surface area contributed by atoms with Crippen molar-refractivity contribution in [3.8, 4) is 22.6 Å². The number of methoxy groups -OCH3 is 2. The predicted octanol–water partition coefficient (Wildman–Crippen LogP) is 13.2. The lowest BCUT2D eigenvalue weighted by Gasteiger charge is -2.36. The highest BCUT2D eigenvalue weighted by Crippen LogP contribution is 2.42. The van der Waals surface area contributed by atoms with Gasteiger partial charge in [-0.25, -0.2) is 34.7 Å². The van der Waals surface area contributed by atoms with Crippen LogP contribution in [0.4, 0.5) is 0 Å². The zero-order chi connectivity index (χ0) is 55.9. The van der Waals surface area contributed by atoms with Crippen molar-refractivity contribution in [1.82, 2.24) is 27.7 Å². The van der Waals surface area contributed by atoms with Gasteiger partial charge in [0.2, 0.25) is 0 Å². The SMILES string of the molecule is CC(C)[SiH](C(C)C)C(C)C.COc1cnc2c(c1)c(-c1cnn(C(c3ccccc3)(c3ccccc3)c3ccccc3)c1)cn2S(=O)(=O)c1ccccc1.COc1cnc2c(c1)c(C1=CCN=C1)cn2S(=O)(=O)c1ccccc1. The number of aromatic nitrogens is 6. The summed E-state index contributed by atoms with van der Waals surface area (Å²) in [7, 11) is -5.03. The molecule has 1 aliphatic heterocycles. The number of benzene rings is 5. The second-order valence-electron chi connectivity index (χ2n) is 20.3. The van der Waals surface area contributed by atoms with Gasteiger partial charge in [-0.2, -0.15) is 5.10 Å². The van der Waals surface area contributed by atoms with Gasteiger partial charge in [-0.15, -0.1) is 0 Å². The largest absolute Gasteiger partial charge is 0.495 e. The lowest BCUT2D eigenvalue weighted by molar-refractivity contribution is 0.413. The monoisotopic (exact) mass is 1110 g/mol. The summed E-state index contributed by atoms with van der Waals surface area (Å²) in [5.74, 6) is 1.09. The minimum Gasteiger partial charge on any atom is -0.495 e. The Kier molecular flexibility index (Phi) is 16.8. The lowest BCUT2D eigenvalue weighted by Crippen LogP contribution is -2.38. The van der Waals surface area contributed by atoms with Crippen LogP contribution < -0.4 is 9.47 Å². The first-order valence-corrected chi connectivity index (χ1v) is 31.1. The summed E-state index contributed by atoms with van der Waals surface area (Å²) in [5, 5.41) is 6.32. The summed E-state index contributed by atoms with van der Waals surface area (Å²) in [6, 6.07) is 51.1. The minimum absolute atomic E-state index is 0.174. The van der Waals surface area contributed by atoms with Crippen molar-refractivity contribution in [3.05, 3.63) is 229 Å². The van der Waals surface area contributed by atoms with Gasteiger partial charge in [0, 0.05) is 61.1 Å². The molecular weight excluding hydrogens is 1040 g/mol. The molecule has 79 heavy (non-hydrogen) atoms. The molecule has 0 atom stereocenters. The molecule has 0 unspecified atom stereocenters. The predicted molar refractivity (Wildman–Crippen MR) is 320 cm³/mol. The topological polar surface area (TPSA) is 153 Å². The van der Waals surface area contributed by atoms with E-state index >= 15 is 0 Å². The molecule has 0 amide bonds. The van der Waals surface area contributed by atoms with E-state index in [1.807, 2.05) is 77.6 Å². The van der Waals surface area contributed by atoms with E-state index in [9.17, 15) is 16.8 Å². The molecule has 6 heterocycles. The Morgan fingerprint density at radius 3 is 1.28 bits per heavy atom. The van der Waals surface area contributed by atoms with Crippen molar-refractivity contribution < 1.29 is 26.3 Å². The molecule has 404 valence electrons. The van der Waals surface area contributed by atoms with Gasteiger partial charge in [0.05, 0.1) is 49.1 Å². The van der Waals surface area contributed by atoms with E-state index in [0.29, 0.717) is 45.7 Å². The number of nitrogens with zero attached hydrogens (tertiary/aromatic N) is 7. The molecule has 0 saturated heterocycles. The summed E-state index contributed by atoms with van der Waals surface area (Å²) >= 11 is 0. The molecule has 0 N–H and O–H groups in total. The van der Waals surface area contributed by atoms with Crippen LogP contribution in [0.25, 0.3) is 38.8 Å². The highest BCUT2D eigenvalue weighted by atomic mass is 32.2. The van der Waals surface area contributed by atoms with E-state index in [0.717, 1.165) is 50.0 Å². The number of pyridine rings is 2. The van der Waals surface area contributed by atoms with Gasteiger partial charge in [-0.1, -0.05) is 192 Å². The summed E-state index contributed by atoms with van der Waals surface area (Å²) in [4.78, 5) is 13.4. The smallest absolute Gasteiger partial charge is 0.269 e. The van der Waals surface area contributed by atoms with Crippen LogP contribution in [0.15, 0.2) is 222 Å². The van der Waals surface area contributed by atoms with Gasteiger partial charge in [0.1, 0.15) is 17.0 Å². The third kappa shape index (κ3) is 11.1. The first kappa shape index (κ1) is 55.6. The molecule has 5 aromatic heterocycles. The number of hydrogen-bond donors (Lipinski definition) is 0. The van der Waals surface area contributed by atoms with Gasteiger partial charge < -0.3 is 9.47 Å². The Morgan fingerprint density at radius 2 is 0.911 bits per heavy atom. The number of ether oxygens (including phenoxy) is 2. The zero-order valence-electron chi connectivity index (χ0n) is 45.6. The highest BCUT2D eigenvalue weighted by molar-refractivity contribution is 7.90. The fraction of sp³-hybridized carbons (Fsp3) is 0.206. The Balaban J connectivity index is 0.000000181. The van der Waals surface area contributed by atoms with Gasteiger partial charge in [0.25, 0.3) is 20.0 Å². The highest BCUT2D eigenvalue weighted by Gasteiger charge is 2.40. The normalized spacial score (nSPS) is 12.7. The van der Waals surface area contributed by atoms with Crippen LogP contribution in [0.2, 0.25) is 16.6 Å².